The summed E-state index contributed by atoms with van der Waals surface area (Å²) in [6.45, 7) is 16.2. The second-order valence-corrected chi connectivity index (χ2v) is 25.5. The number of fused-ring (bicyclic) bond motifs is 3. The number of Topliss-reactive ketones (excluding diaryl/α,β-unsaturated/α-hetero) is 1. The van der Waals surface area contributed by atoms with E-state index < -0.39 is 46.7 Å². The molecule has 0 saturated heterocycles. The minimum atomic E-state index is -1.14. The molecule has 0 radical (unpaired) electrons. The van der Waals surface area contributed by atoms with Crippen LogP contribution in [0.2, 0.25) is 0 Å². The Kier molecular flexibility index (Phi) is 37.2. The number of carbonyl (C=O) groups excluding carboxylic acids is 7. The Bertz CT molecular complexity index is 2350. The minimum Gasteiger partial charge on any atom is -0.480 e. The molecule has 0 heterocycles. The summed E-state index contributed by atoms with van der Waals surface area (Å²) in [5.74, 6) is -2.89. The van der Waals surface area contributed by atoms with Crippen LogP contribution in [0.4, 0.5) is 4.79 Å². The van der Waals surface area contributed by atoms with Crippen molar-refractivity contribution in [2.24, 2.45) is 5.41 Å². The fraction of sp³-hybridized carbons (Fsp3) is 0.706. The van der Waals surface area contributed by atoms with Gasteiger partial charge in [0.05, 0.1) is 39.6 Å². The van der Waals surface area contributed by atoms with Crippen molar-refractivity contribution in [3.05, 3.63) is 59.7 Å². The third-order valence-electron chi connectivity index (χ3n) is 15.0. The molecule has 4 amide bonds. The van der Waals surface area contributed by atoms with Crippen molar-refractivity contribution in [1.82, 2.24) is 21.3 Å². The predicted molar refractivity (Wildman–Crippen MR) is 338 cm³/mol. The molecular weight excluding hydrogens is 1130 g/mol. The van der Waals surface area contributed by atoms with Gasteiger partial charge in [0.2, 0.25) is 17.7 Å². The molecule has 88 heavy (non-hydrogen) atoms. The molecule has 496 valence electrons. The Hall–Kier alpha value is -5.96. The van der Waals surface area contributed by atoms with Gasteiger partial charge >= 0.3 is 24.0 Å². The number of nitrogens with one attached hydrogen (secondary N) is 4. The van der Waals surface area contributed by atoms with Crippen molar-refractivity contribution < 1.29 is 76.6 Å². The second kappa shape index (κ2) is 42.9. The number of alkyl carbamates (subject to hydrolysis) is 1. The van der Waals surface area contributed by atoms with Crippen molar-refractivity contribution in [1.29, 1.82) is 0 Å². The number of carboxylic acid groups (broad SMARTS) is 1. The van der Waals surface area contributed by atoms with Gasteiger partial charge in [0.25, 0.3) is 0 Å². The lowest BCUT2D eigenvalue weighted by molar-refractivity contribution is -0.159. The number of hydrogen-bond donors (Lipinski definition) is 5. The molecule has 3 rings (SSSR count). The van der Waals surface area contributed by atoms with Crippen molar-refractivity contribution in [3.8, 4) is 11.1 Å². The first-order valence-electron chi connectivity index (χ1n) is 32.4. The molecule has 0 spiro atoms. The maximum atomic E-state index is 13.0. The van der Waals surface area contributed by atoms with Crippen molar-refractivity contribution >= 4 is 47.5 Å². The fourth-order valence-electron chi connectivity index (χ4n) is 10.1. The molecular formula is C68H108N4O16. The van der Waals surface area contributed by atoms with Crippen molar-refractivity contribution in [3.63, 3.8) is 0 Å². The molecule has 0 aliphatic heterocycles. The fourth-order valence-corrected chi connectivity index (χ4v) is 10.1. The van der Waals surface area contributed by atoms with Crippen LogP contribution in [0.5, 0.6) is 0 Å². The molecule has 1 aliphatic rings. The number of benzene rings is 2. The highest BCUT2D eigenvalue weighted by atomic mass is 16.6. The second-order valence-electron chi connectivity index (χ2n) is 25.5. The highest BCUT2D eigenvalue weighted by molar-refractivity contribution is 5.86. The molecule has 0 saturated carbocycles. The summed E-state index contributed by atoms with van der Waals surface area (Å²) in [6.07, 6.45) is 18.3. The largest absolute Gasteiger partial charge is 0.480 e. The van der Waals surface area contributed by atoms with E-state index in [9.17, 15) is 43.5 Å². The molecule has 2 atom stereocenters. The van der Waals surface area contributed by atoms with Crippen LogP contribution < -0.4 is 21.3 Å². The normalized spacial score (nSPS) is 13.0. The Morgan fingerprint density at radius 2 is 0.955 bits per heavy atom. The lowest BCUT2D eigenvalue weighted by atomic mass is 9.82. The number of unbranched alkanes of at least 4 members (excludes halogenated alkanes) is 15. The zero-order chi connectivity index (χ0) is 64.6. The van der Waals surface area contributed by atoms with Crippen LogP contribution in [0.3, 0.4) is 0 Å². The number of aliphatic carboxylic acids is 1. The van der Waals surface area contributed by atoms with Gasteiger partial charge < -0.3 is 59.5 Å². The van der Waals surface area contributed by atoms with Crippen LogP contribution in [0.15, 0.2) is 48.5 Å². The van der Waals surface area contributed by atoms with Crippen LogP contribution >= 0.6 is 0 Å². The first kappa shape index (κ1) is 76.3. The highest BCUT2D eigenvalue weighted by Gasteiger charge is 2.31. The number of esters is 2. The van der Waals surface area contributed by atoms with Crippen molar-refractivity contribution in [2.75, 3.05) is 72.6 Å². The molecule has 0 bridgehead atoms. The average molecular weight is 1240 g/mol. The van der Waals surface area contributed by atoms with Crippen molar-refractivity contribution in [2.45, 2.75) is 232 Å². The zero-order valence-electron chi connectivity index (χ0n) is 54.5. The van der Waals surface area contributed by atoms with E-state index >= 15 is 0 Å². The average Bonchev–Trinajstić information content (AvgIpc) is 2.56. The van der Waals surface area contributed by atoms with Gasteiger partial charge in [0.1, 0.15) is 43.1 Å². The molecule has 2 aromatic rings. The lowest BCUT2D eigenvalue weighted by Gasteiger charge is -2.24. The zero-order valence-corrected chi connectivity index (χ0v) is 54.5. The van der Waals surface area contributed by atoms with Gasteiger partial charge in [0, 0.05) is 43.7 Å². The number of carbonyl (C=O) groups is 8. The number of amides is 4. The van der Waals surface area contributed by atoms with Gasteiger partial charge in [-0.05, 0) is 95.9 Å². The maximum Gasteiger partial charge on any atom is 0.407 e. The smallest absolute Gasteiger partial charge is 0.407 e. The Morgan fingerprint density at radius 3 is 1.49 bits per heavy atom. The van der Waals surface area contributed by atoms with E-state index in [0.717, 1.165) is 67.2 Å². The van der Waals surface area contributed by atoms with Gasteiger partial charge in [-0.1, -0.05) is 159 Å². The summed E-state index contributed by atoms with van der Waals surface area (Å²) in [5.41, 5.74) is 2.51. The van der Waals surface area contributed by atoms with E-state index in [4.69, 9.17) is 33.2 Å². The molecule has 20 heteroatoms. The van der Waals surface area contributed by atoms with E-state index in [0.29, 0.717) is 38.5 Å². The van der Waals surface area contributed by atoms with E-state index in [2.05, 4.69) is 21.3 Å². The number of rotatable bonds is 49. The molecule has 1 aliphatic carbocycles. The number of ketones is 1. The Balaban J connectivity index is 1.12. The molecule has 0 unspecified atom stereocenters. The quantitative estimate of drug-likeness (QED) is 0.0234. The summed E-state index contributed by atoms with van der Waals surface area (Å²) in [5, 5.41) is 20.6. The monoisotopic (exact) mass is 1240 g/mol. The first-order valence-corrected chi connectivity index (χ1v) is 32.4. The summed E-state index contributed by atoms with van der Waals surface area (Å²) < 4.78 is 38.4. The maximum absolute atomic E-state index is 13.0. The van der Waals surface area contributed by atoms with E-state index in [1.165, 1.54) is 44.9 Å². The summed E-state index contributed by atoms with van der Waals surface area (Å²) >= 11 is 0. The van der Waals surface area contributed by atoms with Crippen LogP contribution in [-0.2, 0) is 66.7 Å². The molecule has 2 aromatic carbocycles. The van der Waals surface area contributed by atoms with E-state index in [1.807, 2.05) is 83.1 Å². The summed E-state index contributed by atoms with van der Waals surface area (Å²) in [7, 11) is 0. The standard InChI is InChI=1S/C68H108N4O16/c1-66(2,3)87-62(77)36-24-20-18-16-14-12-10-9-11-13-15-17-19-23-35-60(75)71-57(64(80)88-67(4,5)6)37-38-59(74)69-40-42-82-45-47-85-50-61(76)70-41-43-83-44-46-84-49-58(73)68(7,8)39-29-21-22-34-56(63(78)79)72-65(81)86-48-55-53-32-27-25-30-51(53)52-31-26-28-33-54(52)55/h25-28,30-33,55-57H,9-24,29,34-50H2,1-8H3,(H,69,74)(H,70,76)(H,71,75)(H,72,81)(H,78,79)/t56-,57-/m0/s1. The highest BCUT2D eigenvalue weighted by Crippen LogP contribution is 2.44. The topological polar surface area (TPSA) is 270 Å². The minimum absolute atomic E-state index is 0.000518. The number of ether oxygens (including phenoxy) is 7. The number of carboxylic acids is 1. The van der Waals surface area contributed by atoms with E-state index in [-0.39, 0.29) is 127 Å². The van der Waals surface area contributed by atoms with Gasteiger partial charge in [-0.15, -0.1) is 0 Å². The van der Waals surface area contributed by atoms with Crippen LogP contribution in [0, 0.1) is 5.41 Å². The SMILES string of the molecule is CC(C)(C)OC(=O)CCCCCCCCCCCCCCCCC(=O)N[C@@H](CCC(=O)NCCOCCOCC(=O)NCCOCCOCC(=O)C(C)(C)CCCCC[C@H](NC(=O)OCC1c2ccccc2-c2ccccc21)C(=O)O)C(=O)OC(C)(C)C. The first-order chi connectivity index (χ1) is 42.0. The summed E-state index contributed by atoms with van der Waals surface area (Å²) in [4.78, 5) is 100. The van der Waals surface area contributed by atoms with Crippen LogP contribution in [0.25, 0.3) is 11.1 Å². The van der Waals surface area contributed by atoms with Gasteiger partial charge in [0.15, 0.2) is 5.78 Å². The predicted octanol–water partition coefficient (Wildman–Crippen LogP) is 11.0. The third-order valence-corrected chi connectivity index (χ3v) is 15.0. The van der Waals surface area contributed by atoms with E-state index in [1.54, 1.807) is 20.8 Å². The van der Waals surface area contributed by atoms with Crippen LogP contribution in [-0.4, -0.2) is 148 Å². The summed E-state index contributed by atoms with van der Waals surface area (Å²) in [6, 6.07) is 13.9. The number of hydrogen-bond acceptors (Lipinski definition) is 15. The van der Waals surface area contributed by atoms with Gasteiger partial charge in [-0.2, -0.15) is 0 Å². The lowest BCUT2D eigenvalue weighted by Crippen LogP contribution is -2.44. The Labute approximate surface area is 524 Å². The van der Waals surface area contributed by atoms with Gasteiger partial charge in [-0.3, -0.25) is 24.0 Å². The third kappa shape index (κ3) is 34.7. The molecule has 5 N–H and O–H groups in total. The molecule has 0 aromatic heterocycles. The molecule has 20 nitrogen and oxygen atoms in total. The Morgan fingerprint density at radius 1 is 0.477 bits per heavy atom. The molecule has 0 fully saturated rings. The van der Waals surface area contributed by atoms with Gasteiger partial charge in [-0.25, -0.2) is 14.4 Å². The van der Waals surface area contributed by atoms with Crippen LogP contribution in [0.1, 0.15) is 220 Å².